The van der Waals surface area contributed by atoms with Crippen LogP contribution in [0.2, 0.25) is 5.02 Å². The van der Waals surface area contributed by atoms with Gasteiger partial charge in [-0.25, -0.2) is 15.0 Å². The van der Waals surface area contributed by atoms with E-state index in [1.807, 2.05) is 36.6 Å². The molecule has 0 radical (unpaired) electrons. The number of thioether (sulfide) groups is 1. The number of halogens is 1. The minimum atomic E-state index is -0.278. The molecule has 0 saturated heterocycles. The summed E-state index contributed by atoms with van der Waals surface area (Å²) in [6.07, 6.45) is 3.90. The molecule has 0 saturated carbocycles. The number of hydrogen-bond donors (Lipinski definition) is 1. The molecular formula is C19H15ClN4OS3. The number of carbonyl (C=O) groups is 1. The van der Waals surface area contributed by atoms with Crippen LogP contribution < -0.4 is 5.32 Å². The standard InChI is InChI=1S/C19H15ClN4OS3/c1-2-14(16(25)24-19-21-7-8-26-19)28-18-15-13(9-27-17(15)22-10-23-18)11-3-5-12(20)6-4-11/h3-10,14H,2H2,1H3,(H,21,24,25). The predicted octanol–water partition coefficient (Wildman–Crippen LogP) is 5.98. The first-order chi connectivity index (χ1) is 13.7. The first-order valence-electron chi connectivity index (χ1n) is 8.51. The van der Waals surface area contributed by atoms with Gasteiger partial charge in [0.25, 0.3) is 0 Å². The summed E-state index contributed by atoms with van der Waals surface area (Å²) >= 11 is 10.5. The molecule has 1 atom stereocenters. The van der Waals surface area contributed by atoms with Gasteiger partial charge in [0.05, 0.1) is 10.6 Å². The van der Waals surface area contributed by atoms with Gasteiger partial charge in [-0.15, -0.1) is 22.7 Å². The highest BCUT2D eigenvalue weighted by molar-refractivity contribution is 8.00. The average Bonchev–Trinajstić information content (AvgIpc) is 3.36. The number of nitrogens with zero attached hydrogens (tertiary/aromatic N) is 3. The summed E-state index contributed by atoms with van der Waals surface area (Å²) in [5.41, 5.74) is 2.10. The second-order valence-electron chi connectivity index (χ2n) is 5.86. The van der Waals surface area contributed by atoms with E-state index in [-0.39, 0.29) is 11.2 Å². The second-order valence-corrected chi connectivity index (χ2v) is 9.24. The second kappa shape index (κ2) is 8.57. The molecule has 0 aliphatic heterocycles. The molecule has 5 nitrogen and oxygen atoms in total. The van der Waals surface area contributed by atoms with Gasteiger partial charge in [-0.3, -0.25) is 4.79 Å². The maximum absolute atomic E-state index is 12.7. The van der Waals surface area contributed by atoms with E-state index in [4.69, 9.17) is 11.6 Å². The third-order valence-corrected chi connectivity index (χ3v) is 7.26. The molecule has 1 unspecified atom stereocenters. The smallest absolute Gasteiger partial charge is 0.239 e. The van der Waals surface area contributed by atoms with Gasteiger partial charge >= 0.3 is 0 Å². The van der Waals surface area contributed by atoms with E-state index in [2.05, 4.69) is 25.6 Å². The molecule has 3 aromatic heterocycles. The summed E-state index contributed by atoms with van der Waals surface area (Å²) in [4.78, 5) is 26.6. The summed E-state index contributed by atoms with van der Waals surface area (Å²) in [5.74, 6) is -0.0718. The number of nitrogens with one attached hydrogen (secondary N) is 1. The SMILES string of the molecule is CCC(Sc1ncnc2scc(-c3ccc(Cl)cc3)c12)C(=O)Nc1nccs1. The Bertz CT molecular complexity index is 1100. The van der Waals surface area contributed by atoms with Crippen molar-refractivity contribution in [1.29, 1.82) is 0 Å². The van der Waals surface area contributed by atoms with Crippen molar-refractivity contribution in [2.24, 2.45) is 0 Å². The van der Waals surface area contributed by atoms with Gasteiger partial charge in [-0.05, 0) is 24.1 Å². The third-order valence-electron chi connectivity index (χ3n) is 4.07. The van der Waals surface area contributed by atoms with E-state index in [9.17, 15) is 4.79 Å². The van der Waals surface area contributed by atoms with E-state index in [1.165, 1.54) is 23.1 Å². The van der Waals surface area contributed by atoms with Crippen molar-refractivity contribution in [2.45, 2.75) is 23.6 Å². The van der Waals surface area contributed by atoms with Crippen LogP contribution in [-0.4, -0.2) is 26.1 Å². The number of aromatic nitrogens is 3. The minimum absolute atomic E-state index is 0.0718. The normalized spacial score (nSPS) is 12.2. The monoisotopic (exact) mass is 446 g/mol. The van der Waals surface area contributed by atoms with E-state index in [0.717, 1.165) is 26.4 Å². The molecule has 0 aliphatic rings. The van der Waals surface area contributed by atoms with Crippen LogP contribution in [0.1, 0.15) is 13.3 Å². The molecule has 4 rings (SSSR count). The van der Waals surface area contributed by atoms with Gasteiger partial charge < -0.3 is 5.32 Å². The maximum atomic E-state index is 12.7. The highest BCUT2D eigenvalue weighted by atomic mass is 35.5. The van der Waals surface area contributed by atoms with Crippen LogP contribution in [0.5, 0.6) is 0 Å². The first-order valence-corrected chi connectivity index (χ1v) is 11.5. The summed E-state index contributed by atoms with van der Waals surface area (Å²) in [7, 11) is 0. The van der Waals surface area contributed by atoms with Gasteiger partial charge in [0.15, 0.2) is 5.13 Å². The lowest BCUT2D eigenvalue weighted by molar-refractivity contribution is -0.115. The molecule has 28 heavy (non-hydrogen) atoms. The van der Waals surface area contributed by atoms with Gasteiger partial charge in [0.2, 0.25) is 5.91 Å². The molecule has 142 valence electrons. The number of thiophene rings is 1. The van der Waals surface area contributed by atoms with Crippen LogP contribution in [0.3, 0.4) is 0 Å². The van der Waals surface area contributed by atoms with E-state index >= 15 is 0 Å². The van der Waals surface area contributed by atoms with Crippen LogP contribution in [0, 0.1) is 0 Å². The van der Waals surface area contributed by atoms with Crippen LogP contribution in [0.25, 0.3) is 21.3 Å². The topological polar surface area (TPSA) is 67.8 Å². The quantitative estimate of drug-likeness (QED) is 0.291. The summed E-state index contributed by atoms with van der Waals surface area (Å²) < 4.78 is 0. The number of anilines is 1. The fourth-order valence-electron chi connectivity index (χ4n) is 2.71. The van der Waals surface area contributed by atoms with Crippen molar-refractivity contribution in [1.82, 2.24) is 15.0 Å². The number of thiazole rings is 1. The molecule has 3 heterocycles. The molecule has 1 N–H and O–H groups in total. The lowest BCUT2D eigenvalue weighted by Gasteiger charge is -2.14. The first kappa shape index (κ1) is 19.3. The highest BCUT2D eigenvalue weighted by Crippen LogP contribution is 2.39. The van der Waals surface area contributed by atoms with Crippen molar-refractivity contribution >= 4 is 67.3 Å². The lowest BCUT2D eigenvalue weighted by atomic mass is 10.1. The third kappa shape index (κ3) is 4.05. The van der Waals surface area contributed by atoms with Crippen LogP contribution in [0.15, 0.2) is 52.6 Å². The predicted molar refractivity (Wildman–Crippen MR) is 119 cm³/mol. The Morgan fingerprint density at radius 3 is 2.75 bits per heavy atom. The Balaban J connectivity index is 1.67. The van der Waals surface area contributed by atoms with E-state index in [0.29, 0.717) is 16.6 Å². The van der Waals surface area contributed by atoms with Crippen LogP contribution in [-0.2, 0) is 4.79 Å². The number of carbonyl (C=O) groups excluding carboxylic acids is 1. The Hall–Kier alpha value is -2.00. The largest absolute Gasteiger partial charge is 0.301 e. The highest BCUT2D eigenvalue weighted by Gasteiger charge is 2.22. The Kier molecular flexibility index (Phi) is 5.91. The summed E-state index contributed by atoms with van der Waals surface area (Å²) in [6.45, 7) is 1.99. The van der Waals surface area contributed by atoms with Gasteiger partial charge in [0, 0.05) is 27.5 Å². The zero-order valence-corrected chi connectivity index (χ0v) is 18.0. The zero-order chi connectivity index (χ0) is 19.5. The number of amides is 1. The van der Waals surface area contributed by atoms with Gasteiger partial charge in [-0.1, -0.05) is 42.4 Å². The fourth-order valence-corrected chi connectivity index (χ4v) is 5.38. The minimum Gasteiger partial charge on any atom is -0.301 e. The summed E-state index contributed by atoms with van der Waals surface area (Å²) in [6, 6.07) is 7.70. The van der Waals surface area contributed by atoms with Crippen molar-refractivity contribution in [3.8, 4) is 11.1 Å². The van der Waals surface area contributed by atoms with Crippen molar-refractivity contribution < 1.29 is 4.79 Å². The number of fused-ring (bicyclic) bond motifs is 1. The van der Waals surface area contributed by atoms with E-state index in [1.54, 1.807) is 23.9 Å². The maximum Gasteiger partial charge on any atom is 0.239 e. The molecular weight excluding hydrogens is 432 g/mol. The Labute approximate surface area is 179 Å². The van der Waals surface area contributed by atoms with Gasteiger partial charge in [-0.2, -0.15) is 0 Å². The molecule has 0 aliphatic carbocycles. The molecule has 0 fully saturated rings. The molecule has 1 amide bonds. The molecule has 0 spiro atoms. The number of benzene rings is 1. The molecule has 9 heteroatoms. The molecule has 0 bridgehead atoms. The van der Waals surface area contributed by atoms with Crippen LogP contribution in [0.4, 0.5) is 5.13 Å². The lowest BCUT2D eigenvalue weighted by Crippen LogP contribution is -2.24. The average molecular weight is 447 g/mol. The van der Waals surface area contributed by atoms with Gasteiger partial charge in [0.1, 0.15) is 16.2 Å². The molecule has 1 aromatic carbocycles. The number of hydrogen-bond acceptors (Lipinski definition) is 7. The zero-order valence-electron chi connectivity index (χ0n) is 14.8. The summed E-state index contributed by atoms with van der Waals surface area (Å²) in [5, 5.41) is 9.58. The van der Waals surface area contributed by atoms with Crippen LogP contribution >= 0.6 is 46.0 Å². The fraction of sp³-hybridized carbons (Fsp3) is 0.158. The Morgan fingerprint density at radius 2 is 2.04 bits per heavy atom. The number of rotatable bonds is 6. The Morgan fingerprint density at radius 1 is 1.21 bits per heavy atom. The van der Waals surface area contributed by atoms with E-state index < -0.39 is 0 Å². The van der Waals surface area contributed by atoms with Crippen molar-refractivity contribution in [3.63, 3.8) is 0 Å². The molecule has 4 aromatic rings. The van der Waals surface area contributed by atoms with Crippen molar-refractivity contribution in [3.05, 3.63) is 52.6 Å². The van der Waals surface area contributed by atoms with Crippen molar-refractivity contribution in [2.75, 3.05) is 5.32 Å².